The number of aliphatic hydroxyl groups is 1. The Hall–Kier alpha value is -3.14. The highest BCUT2D eigenvalue weighted by molar-refractivity contribution is 5.85. The largest absolute Gasteiger partial charge is 0.393 e. The predicted molar refractivity (Wildman–Crippen MR) is 124 cm³/mol. The van der Waals surface area contributed by atoms with Gasteiger partial charge < -0.3 is 20.6 Å². The molecule has 3 fully saturated rings. The average molecular weight is 451 g/mol. The first-order valence-electron chi connectivity index (χ1n) is 12.1. The zero-order valence-corrected chi connectivity index (χ0v) is 18.6. The molecule has 4 heterocycles. The van der Waals surface area contributed by atoms with E-state index in [4.69, 9.17) is 10.1 Å². The van der Waals surface area contributed by atoms with E-state index in [-0.39, 0.29) is 24.1 Å². The molecule has 1 unspecified atom stereocenters. The second-order valence-electron chi connectivity index (χ2n) is 9.57. The lowest BCUT2D eigenvalue weighted by atomic mass is 9.93. The normalized spacial score (nSPS) is 25.5. The molecule has 174 valence electrons. The number of anilines is 3. The number of amides is 1. The first-order valence-corrected chi connectivity index (χ1v) is 12.1. The van der Waals surface area contributed by atoms with Crippen LogP contribution in [-0.4, -0.2) is 60.5 Å². The molecule has 1 saturated heterocycles. The minimum Gasteiger partial charge on any atom is -0.393 e. The zero-order chi connectivity index (χ0) is 22.4. The lowest BCUT2D eigenvalue weighted by molar-refractivity contribution is -0.123. The summed E-state index contributed by atoms with van der Waals surface area (Å²) in [5.41, 5.74) is 2.01. The van der Waals surface area contributed by atoms with E-state index in [1.807, 2.05) is 29.3 Å². The molecule has 2 saturated carbocycles. The second kappa shape index (κ2) is 8.33. The van der Waals surface area contributed by atoms with Gasteiger partial charge in [0, 0.05) is 36.5 Å². The fourth-order valence-electron chi connectivity index (χ4n) is 5.06. The lowest BCUT2D eigenvalue weighted by Crippen LogP contribution is -2.48. The topological polar surface area (TPSA) is 123 Å². The summed E-state index contributed by atoms with van der Waals surface area (Å²) in [5.74, 6) is 2.57. The highest BCUT2D eigenvalue weighted by Crippen LogP contribution is 2.39. The number of aromatic nitrogens is 5. The number of carbonyl (C=O) groups is 1. The van der Waals surface area contributed by atoms with Gasteiger partial charge in [0.05, 0.1) is 6.10 Å². The predicted octanol–water partition coefficient (Wildman–Crippen LogP) is 2.46. The molecular weight excluding hydrogens is 420 g/mol. The van der Waals surface area contributed by atoms with Crippen molar-refractivity contribution in [1.82, 2.24) is 30.1 Å². The van der Waals surface area contributed by atoms with Gasteiger partial charge in [0.25, 0.3) is 0 Å². The molecule has 0 spiro atoms. The van der Waals surface area contributed by atoms with Crippen LogP contribution in [0.1, 0.15) is 63.0 Å². The number of nitrogens with one attached hydrogen (secondary N) is 3. The first kappa shape index (κ1) is 20.5. The maximum atomic E-state index is 13.1. The highest BCUT2D eigenvalue weighted by Gasteiger charge is 2.35. The van der Waals surface area contributed by atoms with Gasteiger partial charge in [-0.2, -0.15) is 10.1 Å². The van der Waals surface area contributed by atoms with Gasteiger partial charge in [-0.05, 0) is 63.5 Å². The van der Waals surface area contributed by atoms with Gasteiger partial charge in [0.1, 0.15) is 11.6 Å². The third kappa shape index (κ3) is 4.15. The Morgan fingerprint density at radius 2 is 2.00 bits per heavy atom. The SMILES string of the molecule is O=C(NC1CCC(O)CC1)C1CCCN1c1nc(Nc2cc(C3CC3)[nH]n2)c2cccn2n1. The summed E-state index contributed by atoms with van der Waals surface area (Å²) < 4.78 is 1.80. The molecule has 10 heteroatoms. The Morgan fingerprint density at radius 3 is 2.82 bits per heavy atom. The first-order chi connectivity index (χ1) is 16.1. The highest BCUT2D eigenvalue weighted by atomic mass is 16.3. The lowest BCUT2D eigenvalue weighted by Gasteiger charge is -2.29. The summed E-state index contributed by atoms with van der Waals surface area (Å²) in [6.07, 6.45) is 8.92. The van der Waals surface area contributed by atoms with Crippen LogP contribution >= 0.6 is 0 Å². The van der Waals surface area contributed by atoms with Crippen LogP contribution < -0.4 is 15.5 Å². The maximum absolute atomic E-state index is 13.1. The molecule has 6 rings (SSSR count). The van der Waals surface area contributed by atoms with Crippen molar-refractivity contribution in [2.45, 2.75) is 75.5 Å². The van der Waals surface area contributed by atoms with E-state index in [0.717, 1.165) is 62.1 Å². The van der Waals surface area contributed by atoms with Gasteiger partial charge >= 0.3 is 0 Å². The number of aliphatic hydroxyl groups excluding tert-OH is 1. The Bertz CT molecular complexity index is 1140. The molecule has 33 heavy (non-hydrogen) atoms. The van der Waals surface area contributed by atoms with Crippen molar-refractivity contribution in [3.05, 3.63) is 30.1 Å². The van der Waals surface area contributed by atoms with Gasteiger partial charge in [-0.1, -0.05) is 0 Å². The fourth-order valence-corrected chi connectivity index (χ4v) is 5.06. The number of rotatable bonds is 6. The van der Waals surface area contributed by atoms with Crippen molar-refractivity contribution in [2.75, 3.05) is 16.8 Å². The van der Waals surface area contributed by atoms with Gasteiger partial charge in [-0.3, -0.25) is 9.89 Å². The van der Waals surface area contributed by atoms with E-state index in [1.165, 1.54) is 12.8 Å². The Labute approximate surface area is 191 Å². The van der Waals surface area contributed by atoms with Gasteiger partial charge in [-0.15, -0.1) is 5.10 Å². The van der Waals surface area contributed by atoms with Crippen LogP contribution in [0, 0.1) is 0 Å². The molecule has 1 amide bonds. The van der Waals surface area contributed by atoms with Gasteiger partial charge in [0.15, 0.2) is 11.6 Å². The summed E-state index contributed by atoms with van der Waals surface area (Å²) >= 11 is 0. The molecule has 1 atom stereocenters. The van der Waals surface area contributed by atoms with E-state index in [1.54, 1.807) is 4.52 Å². The minimum absolute atomic E-state index is 0.0287. The van der Waals surface area contributed by atoms with Gasteiger partial charge in [-0.25, -0.2) is 4.52 Å². The van der Waals surface area contributed by atoms with Crippen molar-refractivity contribution in [1.29, 1.82) is 0 Å². The quantitative estimate of drug-likeness (QED) is 0.455. The van der Waals surface area contributed by atoms with Crippen LogP contribution in [0.5, 0.6) is 0 Å². The molecular formula is C23H30N8O2. The van der Waals surface area contributed by atoms with Crippen molar-refractivity contribution in [2.24, 2.45) is 0 Å². The molecule has 3 aromatic heterocycles. The smallest absolute Gasteiger partial charge is 0.246 e. The standard InChI is InChI=1S/C23H30N8O2/c32-16-9-7-15(8-10-16)24-22(33)19-4-1-11-30(19)23-26-21(18-3-2-12-31(18)29-23)25-20-13-17(27-28-20)14-5-6-14/h2-3,12-16,19,32H,1,4-11H2,(H,24,33)(H2,25,26,27,28,29). The molecule has 3 aromatic rings. The van der Waals surface area contributed by atoms with Crippen LogP contribution in [0.15, 0.2) is 24.4 Å². The number of nitrogens with zero attached hydrogens (tertiary/aromatic N) is 5. The second-order valence-corrected chi connectivity index (χ2v) is 9.57. The van der Waals surface area contributed by atoms with Crippen LogP contribution in [0.2, 0.25) is 0 Å². The molecule has 3 aliphatic rings. The van der Waals surface area contributed by atoms with E-state index in [9.17, 15) is 9.90 Å². The summed E-state index contributed by atoms with van der Waals surface area (Å²) in [6.45, 7) is 0.738. The molecule has 2 aliphatic carbocycles. The third-order valence-electron chi connectivity index (χ3n) is 7.10. The minimum atomic E-state index is -0.287. The number of hydrogen-bond acceptors (Lipinski definition) is 7. The monoisotopic (exact) mass is 450 g/mol. The number of hydrogen-bond donors (Lipinski definition) is 4. The Morgan fingerprint density at radius 1 is 1.15 bits per heavy atom. The van der Waals surface area contributed by atoms with Crippen LogP contribution in [0.4, 0.5) is 17.6 Å². The third-order valence-corrected chi connectivity index (χ3v) is 7.10. The van der Waals surface area contributed by atoms with Crippen molar-refractivity contribution in [3.8, 4) is 0 Å². The number of H-pyrrole nitrogens is 1. The number of carbonyl (C=O) groups excluding carboxylic acids is 1. The summed E-state index contributed by atoms with van der Waals surface area (Å²) in [6, 6.07) is 5.79. The molecule has 0 radical (unpaired) electrons. The van der Waals surface area contributed by atoms with Crippen molar-refractivity contribution >= 4 is 29.0 Å². The maximum Gasteiger partial charge on any atom is 0.246 e. The molecule has 1 aliphatic heterocycles. The summed E-state index contributed by atoms with van der Waals surface area (Å²) in [5, 5.41) is 28.5. The Balaban J connectivity index is 1.23. The molecule has 0 bridgehead atoms. The van der Waals surface area contributed by atoms with Crippen LogP contribution in [0.3, 0.4) is 0 Å². The average Bonchev–Trinajstić information content (AvgIpc) is 3.20. The fraction of sp³-hybridized carbons (Fsp3) is 0.565. The van der Waals surface area contributed by atoms with E-state index in [0.29, 0.717) is 17.7 Å². The Kier molecular flexibility index (Phi) is 5.17. The number of fused-ring (bicyclic) bond motifs is 1. The van der Waals surface area contributed by atoms with Gasteiger partial charge in [0.2, 0.25) is 11.9 Å². The zero-order valence-electron chi connectivity index (χ0n) is 18.6. The van der Waals surface area contributed by atoms with Crippen molar-refractivity contribution < 1.29 is 9.90 Å². The molecule has 0 aromatic carbocycles. The van der Waals surface area contributed by atoms with E-state index >= 15 is 0 Å². The summed E-state index contributed by atoms with van der Waals surface area (Å²) in [7, 11) is 0. The molecule has 4 N–H and O–H groups in total. The van der Waals surface area contributed by atoms with E-state index in [2.05, 4.69) is 20.8 Å². The van der Waals surface area contributed by atoms with Crippen molar-refractivity contribution in [3.63, 3.8) is 0 Å². The molecule has 10 nitrogen and oxygen atoms in total. The summed E-state index contributed by atoms with van der Waals surface area (Å²) in [4.78, 5) is 20.0. The van der Waals surface area contributed by atoms with Crippen LogP contribution in [-0.2, 0) is 4.79 Å². The van der Waals surface area contributed by atoms with Crippen LogP contribution in [0.25, 0.3) is 5.52 Å². The number of aromatic amines is 1. The van der Waals surface area contributed by atoms with E-state index < -0.39 is 0 Å².